The van der Waals surface area contributed by atoms with E-state index in [1.54, 1.807) is 31.4 Å². The van der Waals surface area contributed by atoms with E-state index in [2.05, 4.69) is 0 Å². The third-order valence-electron chi connectivity index (χ3n) is 4.15. The summed E-state index contributed by atoms with van der Waals surface area (Å²) in [6.07, 6.45) is -2.32. The number of methoxy groups -OCH3 is 1. The lowest BCUT2D eigenvalue weighted by Gasteiger charge is -2.18. The molecule has 0 spiro atoms. The van der Waals surface area contributed by atoms with Gasteiger partial charge in [-0.1, -0.05) is 24.3 Å². The first-order valence-electron chi connectivity index (χ1n) is 8.96. The van der Waals surface area contributed by atoms with E-state index in [-0.39, 0.29) is 5.75 Å². The molecule has 0 aliphatic heterocycles. The second kappa shape index (κ2) is 11.5. The Balaban J connectivity index is 0.000000330. The van der Waals surface area contributed by atoms with Crippen LogP contribution in [0.2, 0.25) is 0 Å². The van der Waals surface area contributed by atoms with Crippen molar-refractivity contribution in [2.45, 2.75) is 31.0 Å². The summed E-state index contributed by atoms with van der Waals surface area (Å²) in [6.45, 7) is 0. The Hall–Kier alpha value is -3.63. The summed E-state index contributed by atoms with van der Waals surface area (Å²) in [5.41, 5.74) is -0.905. The van der Waals surface area contributed by atoms with Gasteiger partial charge in [0.2, 0.25) is 0 Å². The zero-order chi connectivity index (χ0) is 23.6. The quantitative estimate of drug-likeness (QED) is 0.336. The van der Waals surface area contributed by atoms with E-state index in [1.807, 2.05) is 24.3 Å². The minimum atomic E-state index is -2.74. The molecular formula is C21H24O10. The number of aromatic hydroxyl groups is 1. The molecular weight excluding hydrogens is 412 g/mol. The van der Waals surface area contributed by atoms with E-state index in [0.29, 0.717) is 6.42 Å². The van der Waals surface area contributed by atoms with Crippen LogP contribution in [0.5, 0.6) is 11.5 Å². The second-order valence-corrected chi connectivity index (χ2v) is 6.64. The molecule has 10 nitrogen and oxygen atoms in total. The Labute approximate surface area is 177 Å². The van der Waals surface area contributed by atoms with Crippen LogP contribution in [-0.4, -0.2) is 61.3 Å². The molecule has 31 heavy (non-hydrogen) atoms. The van der Waals surface area contributed by atoms with Gasteiger partial charge in [0.1, 0.15) is 11.5 Å². The number of aliphatic hydroxyl groups excluding tert-OH is 1. The van der Waals surface area contributed by atoms with Gasteiger partial charge in [-0.3, -0.25) is 9.59 Å². The molecule has 10 heteroatoms. The van der Waals surface area contributed by atoms with Crippen molar-refractivity contribution in [1.29, 1.82) is 0 Å². The van der Waals surface area contributed by atoms with E-state index in [0.717, 1.165) is 16.9 Å². The summed E-state index contributed by atoms with van der Waals surface area (Å²) in [4.78, 5) is 30.5. The minimum Gasteiger partial charge on any atom is -0.508 e. The summed E-state index contributed by atoms with van der Waals surface area (Å²) in [7, 11) is 1.63. The molecule has 2 aromatic carbocycles. The van der Waals surface area contributed by atoms with E-state index >= 15 is 0 Å². The van der Waals surface area contributed by atoms with Crippen molar-refractivity contribution in [3.8, 4) is 11.5 Å². The predicted octanol–water partition coefficient (Wildman–Crippen LogP) is 1.43. The molecule has 2 aromatic rings. The molecule has 0 aliphatic carbocycles. The van der Waals surface area contributed by atoms with Crippen LogP contribution < -0.4 is 4.74 Å². The molecule has 1 atom stereocenters. The van der Waals surface area contributed by atoms with Crippen LogP contribution in [0.25, 0.3) is 0 Å². The fraction of sp³-hybridized carbons (Fsp3) is 0.286. The number of hydrogen-bond donors (Lipinski definition) is 6. The van der Waals surface area contributed by atoms with Gasteiger partial charge >= 0.3 is 17.9 Å². The molecule has 0 bridgehead atoms. The number of aliphatic hydroxyl groups is 2. The van der Waals surface area contributed by atoms with E-state index < -0.39 is 42.5 Å². The average molecular weight is 436 g/mol. The molecule has 0 amide bonds. The standard InChI is InChI=1S/C15H16O3.C6H8O7/c1-18-14-8-2-11(3-9-14)10-15(17)12-4-6-13(16)7-5-12;7-3(8)1-6(13,5(11)12)2-4(9)10/h2-9,15-17H,10H2,1H3;13H,1-2H2,(H,7,8)(H,9,10)(H,11,12). The fourth-order valence-corrected chi connectivity index (χ4v) is 2.51. The van der Waals surface area contributed by atoms with Crippen molar-refractivity contribution in [1.82, 2.24) is 0 Å². The van der Waals surface area contributed by atoms with Crippen LogP contribution >= 0.6 is 0 Å². The number of rotatable bonds is 9. The van der Waals surface area contributed by atoms with Crippen molar-refractivity contribution in [3.05, 3.63) is 59.7 Å². The maximum Gasteiger partial charge on any atom is 0.336 e. The number of phenolic OH excluding ortho intramolecular Hbond substituents is 1. The van der Waals surface area contributed by atoms with Crippen LogP contribution in [0, 0.1) is 0 Å². The highest BCUT2D eigenvalue weighted by Crippen LogP contribution is 2.22. The van der Waals surface area contributed by atoms with Crippen molar-refractivity contribution in [3.63, 3.8) is 0 Å². The van der Waals surface area contributed by atoms with Gasteiger partial charge in [-0.2, -0.15) is 0 Å². The fourth-order valence-electron chi connectivity index (χ4n) is 2.51. The highest BCUT2D eigenvalue weighted by Gasteiger charge is 2.40. The minimum absolute atomic E-state index is 0.204. The number of benzene rings is 2. The highest BCUT2D eigenvalue weighted by atomic mass is 16.5. The number of phenols is 1. The third-order valence-corrected chi connectivity index (χ3v) is 4.15. The van der Waals surface area contributed by atoms with Gasteiger partial charge in [0.05, 0.1) is 26.1 Å². The predicted molar refractivity (Wildman–Crippen MR) is 107 cm³/mol. The van der Waals surface area contributed by atoms with Gasteiger partial charge in [-0.25, -0.2) is 4.79 Å². The number of carboxylic acid groups (broad SMARTS) is 3. The lowest BCUT2D eigenvalue weighted by molar-refractivity contribution is -0.170. The molecule has 0 radical (unpaired) electrons. The number of carbonyl (C=O) groups is 3. The smallest absolute Gasteiger partial charge is 0.336 e. The average Bonchev–Trinajstić information content (AvgIpc) is 2.68. The van der Waals surface area contributed by atoms with Crippen LogP contribution in [0.15, 0.2) is 48.5 Å². The van der Waals surface area contributed by atoms with Crippen molar-refractivity contribution >= 4 is 17.9 Å². The lowest BCUT2D eigenvalue weighted by atomic mass is 9.96. The number of aliphatic carboxylic acids is 3. The Morgan fingerprint density at radius 1 is 0.903 bits per heavy atom. The summed E-state index contributed by atoms with van der Waals surface area (Å²) >= 11 is 0. The number of hydrogen-bond acceptors (Lipinski definition) is 7. The van der Waals surface area contributed by atoms with Gasteiger partial charge in [0.25, 0.3) is 0 Å². The highest BCUT2D eigenvalue weighted by molar-refractivity contribution is 5.88. The van der Waals surface area contributed by atoms with E-state index in [1.165, 1.54) is 0 Å². The van der Waals surface area contributed by atoms with Crippen LogP contribution in [0.3, 0.4) is 0 Å². The van der Waals surface area contributed by atoms with E-state index in [9.17, 15) is 24.6 Å². The van der Waals surface area contributed by atoms with Gasteiger partial charge in [0.15, 0.2) is 5.60 Å². The molecule has 0 heterocycles. The number of ether oxygens (including phenoxy) is 1. The zero-order valence-corrected chi connectivity index (χ0v) is 16.6. The Morgan fingerprint density at radius 2 is 1.39 bits per heavy atom. The van der Waals surface area contributed by atoms with Crippen molar-refractivity contribution in [2.24, 2.45) is 0 Å². The molecule has 168 valence electrons. The van der Waals surface area contributed by atoms with Crippen molar-refractivity contribution < 1.29 is 49.8 Å². The zero-order valence-electron chi connectivity index (χ0n) is 16.6. The largest absolute Gasteiger partial charge is 0.508 e. The van der Waals surface area contributed by atoms with E-state index in [4.69, 9.17) is 25.2 Å². The summed E-state index contributed by atoms with van der Waals surface area (Å²) in [6, 6.07) is 14.2. The molecule has 2 rings (SSSR count). The van der Waals surface area contributed by atoms with Crippen molar-refractivity contribution in [2.75, 3.05) is 7.11 Å². The van der Waals surface area contributed by atoms with Crippen LogP contribution in [0.4, 0.5) is 0 Å². The lowest BCUT2D eigenvalue weighted by Crippen LogP contribution is -2.42. The Morgan fingerprint density at radius 3 is 1.77 bits per heavy atom. The van der Waals surface area contributed by atoms with Crippen LogP contribution in [-0.2, 0) is 20.8 Å². The molecule has 0 aliphatic rings. The van der Waals surface area contributed by atoms with Gasteiger partial charge in [-0.05, 0) is 35.4 Å². The maximum absolute atomic E-state index is 10.3. The topological polar surface area (TPSA) is 182 Å². The SMILES string of the molecule is COc1ccc(CC(O)c2ccc(O)cc2)cc1.O=C(O)CC(O)(CC(=O)O)C(=O)O. The summed E-state index contributed by atoms with van der Waals surface area (Å²) < 4.78 is 5.08. The second-order valence-electron chi connectivity index (χ2n) is 6.64. The molecule has 0 aromatic heterocycles. The number of carboxylic acids is 3. The summed E-state index contributed by atoms with van der Waals surface area (Å²) in [5, 5.41) is 53.1. The third kappa shape index (κ3) is 8.72. The van der Waals surface area contributed by atoms with Gasteiger partial charge in [0, 0.05) is 6.42 Å². The normalized spacial score (nSPS) is 11.6. The first-order valence-corrected chi connectivity index (χ1v) is 8.96. The molecule has 0 fully saturated rings. The van der Waals surface area contributed by atoms with Crippen LogP contribution in [0.1, 0.15) is 30.1 Å². The molecule has 1 unspecified atom stereocenters. The first-order chi connectivity index (χ1) is 14.5. The molecule has 0 saturated carbocycles. The summed E-state index contributed by atoms with van der Waals surface area (Å²) in [5.74, 6) is -4.01. The first kappa shape index (κ1) is 25.4. The van der Waals surface area contributed by atoms with Gasteiger partial charge in [-0.15, -0.1) is 0 Å². The Bertz CT molecular complexity index is 858. The monoisotopic (exact) mass is 436 g/mol. The molecule has 0 saturated heterocycles. The van der Waals surface area contributed by atoms with Gasteiger partial charge < -0.3 is 35.4 Å². The Kier molecular flexibility index (Phi) is 9.45. The maximum atomic E-state index is 10.3. The molecule has 6 N–H and O–H groups in total.